The van der Waals surface area contributed by atoms with Crippen molar-refractivity contribution >= 4 is 47.0 Å². The second kappa shape index (κ2) is 14.3. The lowest BCUT2D eigenvalue weighted by molar-refractivity contribution is -0.141. The Hall–Kier alpha value is -2.75. The van der Waals surface area contributed by atoms with Crippen LogP contribution in [0.3, 0.4) is 0 Å². The molecule has 0 spiro atoms. The number of para-hydroxylation sites is 1. The van der Waals surface area contributed by atoms with Gasteiger partial charge in [-0.3, -0.25) is 9.59 Å². The van der Waals surface area contributed by atoms with Crippen molar-refractivity contribution in [3.63, 3.8) is 0 Å². The zero-order valence-corrected chi connectivity index (χ0v) is 23.5. The van der Waals surface area contributed by atoms with E-state index in [2.05, 4.69) is 10.6 Å². The number of alkyl carbamates (subject to hydrolysis) is 1. The zero-order valence-electron chi connectivity index (χ0n) is 21.9. The predicted octanol–water partition coefficient (Wildman–Crippen LogP) is 4.80. The highest BCUT2D eigenvalue weighted by Crippen LogP contribution is 2.29. The van der Waals surface area contributed by atoms with E-state index in [1.807, 2.05) is 19.2 Å². The lowest BCUT2D eigenvalue weighted by Crippen LogP contribution is -2.53. The third kappa shape index (κ3) is 9.25. The summed E-state index contributed by atoms with van der Waals surface area (Å²) >= 11 is 7.87. The lowest BCUT2D eigenvalue weighted by Gasteiger charge is -2.34. The maximum atomic E-state index is 13.9. The largest absolute Gasteiger partial charge is 0.444 e. The molecule has 0 saturated carbocycles. The summed E-state index contributed by atoms with van der Waals surface area (Å²) in [5.41, 5.74) is 1.00. The molecule has 8 nitrogen and oxygen atoms in total. The summed E-state index contributed by atoms with van der Waals surface area (Å²) in [4.78, 5) is 41.4. The number of nitrogens with zero attached hydrogens (tertiary/aromatic N) is 1. The van der Waals surface area contributed by atoms with Crippen LogP contribution in [0.5, 0.6) is 0 Å². The molecule has 0 aliphatic heterocycles. The van der Waals surface area contributed by atoms with Crippen molar-refractivity contribution in [2.75, 3.05) is 30.5 Å². The maximum absolute atomic E-state index is 13.9. The van der Waals surface area contributed by atoms with Crippen molar-refractivity contribution in [2.45, 2.75) is 51.8 Å². The number of aryl methyl sites for hydroxylation is 1. The topological polar surface area (TPSA) is 108 Å². The van der Waals surface area contributed by atoms with Crippen molar-refractivity contribution in [3.05, 3.63) is 64.7 Å². The van der Waals surface area contributed by atoms with E-state index in [1.165, 1.54) is 16.7 Å². The number of aliphatic hydroxyl groups is 1. The summed E-state index contributed by atoms with van der Waals surface area (Å²) in [7, 11) is 0. The predicted molar refractivity (Wildman–Crippen MR) is 149 cm³/mol. The van der Waals surface area contributed by atoms with Gasteiger partial charge in [-0.2, -0.15) is 11.8 Å². The molecule has 2 aromatic rings. The summed E-state index contributed by atoms with van der Waals surface area (Å²) in [5, 5.41) is 15.8. The Balaban J connectivity index is 2.47. The number of halogens is 1. The van der Waals surface area contributed by atoms with Gasteiger partial charge in [-0.1, -0.05) is 54.1 Å². The minimum atomic E-state index is -1.09. The summed E-state index contributed by atoms with van der Waals surface area (Å²) in [6, 6.07) is 12.0. The quantitative estimate of drug-likeness (QED) is 0.372. The van der Waals surface area contributed by atoms with Crippen LogP contribution in [0.4, 0.5) is 10.5 Å². The van der Waals surface area contributed by atoms with Crippen LogP contribution in [-0.2, 0) is 14.3 Å². The van der Waals surface area contributed by atoms with Crippen LogP contribution in [0.15, 0.2) is 48.5 Å². The number of hydrogen-bond donors (Lipinski definition) is 3. The molecule has 0 bridgehead atoms. The van der Waals surface area contributed by atoms with Gasteiger partial charge in [0.2, 0.25) is 5.91 Å². The highest BCUT2D eigenvalue weighted by atomic mass is 35.5. The molecule has 0 aliphatic rings. The minimum absolute atomic E-state index is 0.126. The van der Waals surface area contributed by atoms with Crippen molar-refractivity contribution < 1.29 is 24.2 Å². The molecule has 0 aliphatic carbocycles. The Morgan fingerprint density at radius 1 is 1.11 bits per heavy atom. The molecule has 2 unspecified atom stereocenters. The van der Waals surface area contributed by atoms with Gasteiger partial charge in [0, 0.05) is 6.54 Å². The fourth-order valence-electron chi connectivity index (χ4n) is 3.71. The smallest absolute Gasteiger partial charge is 0.408 e. The maximum Gasteiger partial charge on any atom is 0.408 e. The molecule has 202 valence electrons. The molecule has 37 heavy (non-hydrogen) atoms. The normalized spacial score (nSPS) is 12.8. The summed E-state index contributed by atoms with van der Waals surface area (Å²) in [6.07, 6.45) is 1.48. The van der Waals surface area contributed by atoms with Gasteiger partial charge in [0.15, 0.2) is 0 Å². The fourth-order valence-corrected chi connectivity index (χ4v) is 4.45. The SMILES string of the molecule is CSCCC(NC(=O)OC(C)(C)C)C(=O)N(CCO)C(C(=O)Nc1c(C)cccc1Cl)c1ccccc1. The van der Waals surface area contributed by atoms with E-state index in [1.54, 1.807) is 63.2 Å². The number of nitrogens with one attached hydrogen (secondary N) is 2. The third-order valence-electron chi connectivity index (χ3n) is 5.37. The van der Waals surface area contributed by atoms with Gasteiger partial charge < -0.3 is 25.4 Å². The number of ether oxygens (including phenoxy) is 1. The second-order valence-corrected chi connectivity index (χ2v) is 10.9. The number of rotatable bonds is 11. The Labute approximate surface area is 228 Å². The molecule has 2 aromatic carbocycles. The number of hydrogen-bond acceptors (Lipinski definition) is 6. The van der Waals surface area contributed by atoms with E-state index >= 15 is 0 Å². The molecular formula is C27H36ClN3O5S. The number of amides is 3. The summed E-state index contributed by atoms with van der Waals surface area (Å²) in [5.74, 6) is -0.417. The summed E-state index contributed by atoms with van der Waals surface area (Å²) in [6.45, 7) is 6.51. The third-order valence-corrected chi connectivity index (χ3v) is 6.33. The van der Waals surface area contributed by atoms with Crippen LogP contribution in [0, 0.1) is 6.92 Å². The van der Waals surface area contributed by atoms with Crippen LogP contribution < -0.4 is 10.6 Å². The van der Waals surface area contributed by atoms with Gasteiger partial charge in [-0.05, 0) is 63.3 Å². The second-order valence-electron chi connectivity index (χ2n) is 9.47. The number of aliphatic hydroxyl groups excluding tert-OH is 1. The van der Waals surface area contributed by atoms with Crippen LogP contribution in [0.1, 0.15) is 44.4 Å². The van der Waals surface area contributed by atoms with E-state index in [9.17, 15) is 19.5 Å². The lowest BCUT2D eigenvalue weighted by atomic mass is 10.0. The molecule has 2 rings (SSSR count). The zero-order chi connectivity index (χ0) is 27.6. The first-order valence-corrected chi connectivity index (χ1v) is 13.8. The molecule has 3 amide bonds. The van der Waals surface area contributed by atoms with Gasteiger partial charge in [-0.25, -0.2) is 4.79 Å². The number of anilines is 1. The number of thioether (sulfide) groups is 1. The number of benzene rings is 2. The van der Waals surface area contributed by atoms with Crippen molar-refractivity contribution in [1.29, 1.82) is 0 Å². The van der Waals surface area contributed by atoms with Crippen LogP contribution in [-0.4, -0.2) is 64.7 Å². The molecule has 2 atom stereocenters. The van der Waals surface area contributed by atoms with Crippen LogP contribution in [0.2, 0.25) is 5.02 Å². The van der Waals surface area contributed by atoms with E-state index in [4.69, 9.17) is 16.3 Å². The molecule has 0 aromatic heterocycles. The minimum Gasteiger partial charge on any atom is -0.444 e. The fraction of sp³-hybridized carbons (Fsp3) is 0.444. The van der Waals surface area contributed by atoms with Crippen molar-refractivity contribution in [1.82, 2.24) is 10.2 Å². The van der Waals surface area contributed by atoms with E-state index in [0.29, 0.717) is 28.4 Å². The van der Waals surface area contributed by atoms with Gasteiger partial charge in [0.05, 0.1) is 17.3 Å². The average molecular weight is 550 g/mol. The highest BCUT2D eigenvalue weighted by Gasteiger charge is 2.36. The van der Waals surface area contributed by atoms with Gasteiger partial charge in [0.1, 0.15) is 17.7 Å². The number of carbonyl (C=O) groups is 3. The first kappa shape index (κ1) is 30.5. The van der Waals surface area contributed by atoms with Crippen LogP contribution in [0.25, 0.3) is 0 Å². The highest BCUT2D eigenvalue weighted by molar-refractivity contribution is 7.98. The number of carbonyl (C=O) groups excluding carboxylic acids is 3. The Kier molecular flexibility index (Phi) is 11.7. The van der Waals surface area contributed by atoms with Crippen LogP contribution >= 0.6 is 23.4 Å². The molecule has 0 heterocycles. The van der Waals surface area contributed by atoms with Gasteiger partial charge in [0.25, 0.3) is 5.91 Å². The standard InChI is InChI=1S/C27H36ClN3O5S/c1-18-10-9-13-20(28)22(18)30-24(33)23(19-11-7-6-8-12-19)31(15-16-32)25(34)21(14-17-37-5)29-26(35)36-27(2,3)4/h6-13,21,23,32H,14-17H2,1-5H3,(H,29,35)(H,30,33). The summed E-state index contributed by atoms with van der Waals surface area (Å²) < 4.78 is 5.37. The Morgan fingerprint density at radius 3 is 2.35 bits per heavy atom. The first-order chi connectivity index (χ1) is 17.5. The van der Waals surface area contributed by atoms with E-state index < -0.39 is 35.6 Å². The average Bonchev–Trinajstić information content (AvgIpc) is 2.83. The van der Waals surface area contributed by atoms with Gasteiger partial charge >= 0.3 is 6.09 Å². The first-order valence-electron chi connectivity index (χ1n) is 12.0. The molecule has 0 radical (unpaired) electrons. The molecule has 0 saturated heterocycles. The van der Waals surface area contributed by atoms with E-state index in [0.717, 1.165) is 5.56 Å². The molecule has 3 N–H and O–H groups in total. The van der Waals surface area contributed by atoms with E-state index in [-0.39, 0.29) is 13.2 Å². The molecule has 10 heteroatoms. The molecule has 0 fully saturated rings. The van der Waals surface area contributed by atoms with Crippen molar-refractivity contribution in [2.24, 2.45) is 0 Å². The monoisotopic (exact) mass is 549 g/mol. The Bertz CT molecular complexity index is 1040. The molecular weight excluding hydrogens is 514 g/mol. The Morgan fingerprint density at radius 2 is 1.78 bits per heavy atom. The van der Waals surface area contributed by atoms with Gasteiger partial charge in [-0.15, -0.1) is 0 Å². The van der Waals surface area contributed by atoms with Crippen molar-refractivity contribution in [3.8, 4) is 0 Å².